The van der Waals surface area contributed by atoms with E-state index >= 15 is 0 Å². The molecule has 0 spiro atoms. The summed E-state index contributed by atoms with van der Waals surface area (Å²) in [6.07, 6.45) is 5.75. The molecule has 0 saturated heterocycles. The van der Waals surface area contributed by atoms with Crippen LogP contribution in [0.5, 0.6) is 0 Å². The van der Waals surface area contributed by atoms with Crippen LogP contribution in [0, 0.1) is 5.92 Å². The molecular weight excluding hydrogens is 150 g/mol. The second-order valence-electron chi connectivity index (χ2n) is 3.83. The zero-order valence-corrected chi connectivity index (χ0v) is 8.10. The first-order chi connectivity index (χ1) is 5.74. The van der Waals surface area contributed by atoms with Crippen molar-refractivity contribution in [2.24, 2.45) is 5.92 Å². The predicted octanol–water partition coefficient (Wildman–Crippen LogP) is 2.09. The Hall–Kier alpha value is -0.530. The van der Waals surface area contributed by atoms with Gasteiger partial charge in [0.1, 0.15) is 0 Å². The van der Waals surface area contributed by atoms with Crippen LogP contribution < -0.4 is 5.32 Å². The van der Waals surface area contributed by atoms with Gasteiger partial charge in [0, 0.05) is 12.0 Å². The van der Waals surface area contributed by atoms with Gasteiger partial charge in [-0.25, -0.2) is 0 Å². The SMILES string of the molecule is CCCCC(C)NC(=O)C1CC1. The van der Waals surface area contributed by atoms with E-state index in [0.29, 0.717) is 12.0 Å². The lowest BCUT2D eigenvalue weighted by Crippen LogP contribution is -2.33. The maximum atomic E-state index is 11.3. The number of hydrogen-bond donors (Lipinski definition) is 1. The molecule has 0 heterocycles. The normalized spacial score (nSPS) is 18.8. The van der Waals surface area contributed by atoms with Gasteiger partial charge in [-0.15, -0.1) is 0 Å². The first-order valence-corrected chi connectivity index (χ1v) is 5.04. The molecule has 1 N–H and O–H groups in total. The monoisotopic (exact) mass is 169 g/mol. The Morgan fingerprint density at radius 3 is 2.75 bits per heavy atom. The molecule has 1 aliphatic carbocycles. The first kappa shape index (κ1) is 9.56. The Kier molecular flexibility index (Phi) is 3.57. The van der Waals surface area contributed by atoms with E-state index in [-0.39, 0.29) is 5.91 Å². The van der Waals surface area contributed by atoms with E-state index in [0.717, 1.165) is 19.3 Å². The lowest BCUT2D eigenvalue weighted by molar-refractivity contribution is -0.122. The van der Waals surface area contributed by atoms with Crippen molar-refractivity contribution >= 4 is 5.91 Å². The summed E-state index contributed by atoms with van der Waals surface area (Å²) in [5, 5.41) is 3.04. The van der Waals surface area contributed by atoms with Crippen LogP contribution in [-0.4, -0.2) is 11.9 Å². The van der Waals surface area contributed by atoms with E-state index in [1.165, 1.54) is 12.8 Å². The van der Waals surface area contributed by atoms with E-state index < -0.39 is 0 Å². The molecule has 0 aromatic rings. The van der Waals surface area contributed by atoms with Crippen LogP contribution in [0.1, 0.15) is 46.0 Å². The summed E-state index contributed by atoms with van der Waals surface area (Å²) >= 11 is 0. The second-order valence-corrected chi connectivity index (χ2v) is 3.83. The second kappa shape index (κ2) is 4.48. The van der Waals surface area contributed by atoms with Crippen LogP contribution >= 0.6 is 0 Å². The molecule has 2 heteroatoms. The topological polar surface area (TPSA) is 29.1 Å². The highest BCUT2D eigenvalue weighted by molar-refractivity contribution is 5.81. The molecule has 1 aliphatic rings. The molecule has 1 saturated carbocycles. The van der Waals surface area contributed by atoms with Crippen LogP contribution in [0.3, 0.4) is 0 Å². The van der Waals surface area contributed by atoms with Gasteiger partial charge in [-0.05, 0) is 26.2 Å². The van der Waals surface area contributed by atoms with Gasteiger partial charge in [-0.3, -0.25) is 4.79 Å². The minimum atomic E-state index is 0.276. The lowest BCUT2D eigenvalue weighted by Gasteiger charge is -2.12. The molecule has 0 aliphatic heterocycles. The third-order valence-electron chi connectivity index (χ3n) is 2.33. The maximum Gasteiger partial charge on any atom is 0.223 e. The summed E-state index contributed by atoms with van der Waals surface area (Å²) in [6, 6.07) is 0.373. The van der Waals surface area contributed by atoms with Crippen LogP contribution in [0.4, 0.5) is 0 Å². The van der Waals surface area contributed by atoms with Crippen LogP contribution in [0.2, 0.25) is 0 Å². The molecule has 0 radical (unpaired) electrons. The van der Waals surface area contributed by atoms with Crippen molar-refractivity contribution < 1.29 is 4.79 Å². The average molecular weight is 169 g/mol. The molecule has 1 atom stereocenters. The summed E-state index contributed by atoms with van der Waals surface area (Å²) in [7, 11) is 0. The first-order valence-electron chi connectivity index (χ1n) is 5.04. The quantitative estimate of drug-likeness (QED) is 0.671. The molecule has 0 bridgehead atoms. The van der Waals surface area contributed by atoms with Crippen molar-refractivity contribution in [1.29, 1.82) is 0 Å². The molecule has 0 aromatic carbocycles. The Labute approximate surface area is 74.7 Å². The highest BCUT2D eigenvalue weighted by Gasteiger charge is 2.29. The molecule has 1 rings (SSSR count). The third kappa shape index (κ3) is 3.24. The molecule has 2 nitrogen and oxygen atoms in total. The van der Waals surface area contributed by atoms with Gasteiger partial charge in [-0.1, -0.05) is 19.8 Å². The van der Waals surface area contributed by atoms with Gasteiger partial charge in [0.15, 0.2) is 0 Å². The fourth-order valence-electron chi connectivity index (χ4n) is 1.29. The molecule has 70 valence electrons. The van der Waals surface area contributed by atoms with Crippen molar-refractivity contribution in [1.82, 2.24) is 5.32 Å². The maximum absolute atomic E-state index is 11.3. The summed E-state index contributed by atoms with van der Waals surface area (Å²) in [5.41, 5.74) is 0. The van der Waals surface area contributed by atoms with Crippen molar-refractivity contribution in [3.63, 3.8) is 0 Å². The Morgan fingerprint density at radius 1 is 1.58 bits per heavy atom. The fourth-order valence-corrected chi connectivity index (χ4v) is 1.29. The van der Waals surface area contributed by atoms with Crippen LogP contribution in [-0.2, 0) is 4.79 Å². The summed E-state index contributed by atoms with van der Waals surface area (Å²) in [6.45, 7) is 4.27. The number of nitrogens with one attached hydrogen (secondary N) is 1. The number of carbonyl (C=O) groups excluding carboxylic acids is 1. The van der Waals surface area contributed by atoms with Crippen LogP contribution in [0.15, 0.2) is 0 Å². The van der Waals surface area contributed by atoms with Crippen molar-refractivity contribution in [3.8, 4) is 0 Å². The molecular formula is C10H19NO. The number of hydrogen-bond acceptors (Lipinski definition) is 1. The smallest absolute Gasteiger partial charge is 0.223 e. The van der Waals surface area contributed by atoms with Crippen molar-refractivity contribution in [2.45, 2.75) is 52.0 Å². The van der Waals surface area contributed by atoms with E-state index in [4.69, 9.17) is 0 Å². The summed E-state index contributed by atoms with van der Waals surface area (Å²) < 4.78 is 0. The highest BCUT2D eigenvalue weighted by atomic mass is 16.2. The molecule has 12 heavy (non-hydrogen) atoms. The minimum absolute atomic E-state index is 0.276. The van der Waals surface area contributed by atoms with Crippen molar-refractivity contribution in [3.05, 3.63) is 0 Å². The Bertz CT molecular complexity index is 152. The third-order valence-corrected chi connectivity index (χ3v) is 2.33. The number of amides is 1. The zero-order valence-electron chi connectivity index (χ0n) is 8.10. The van der Waals surface area contributed by atoms with E-state index in [2.05, 4.69) is 19.2 Å². The highest BCUT2D eigenvalue weighted by Crippen LogP contribution is 2.28. The number of unbranched alkanes of at least 4 members (excludes halogenated alkanes) is 1. The van der Waals surface area contributed by atoms with Crippen molar-refractivity contribution in [2.75, 3.05) is 0 Å². The minimum Gasteiger partial charge on any atom is -0.353 e. The molecule has 0 aromatic heterocycles. The Morgan fingerprint density at radius 2 is 2.25 bits per heavy atom. The fraction of sp³-hybridized carbons (Fsp3) is 0.900. The predicted molar refractivity (Wildman–Crippen MR) is 49.9 cm³/mol. The van der Waals surface area contributed by atoms with Gasteiger partial charge in [0.05, 0.1) is 0 Å². The summed E-state index contributed by atoms with van der Waals surface area (Å²) in [4.78, 5) is 11.3. The lowest BCUT2D eigenvalue weighted by atomic mass is 10.1. The largest absolute Gasteiger partial charge is 0.353 e. The average Bonchev–Trinajstić information content (AvgIpc) is 2.82. The van der Waals surface area contributed by atoms with Gasteiger partial charge < -0.3 is 5.32 Å². The molecule has 1 fully saturated rings. The van der Waals surface area contributed by atoms with E-state index in [9.17, 15) is 4.79 Å². The zero-order chi connectivity index (χ0) is 8.97. The molecule has 1 unspecified atom stereocenters. The Balaban J connectivity index is 2.07. The van der Waals surface area contributed by atoms with Gasteiger partial charge >= 0.3 is 0 Å². The number of carbonyl (C=O) groups is 1. The van der Waals surface area contributed by atoms with Crippen LogP contribution in [0.25, 0.3) is 0 Å². The number of rotatable bonds is 5. The molecule has 1 amide bonds. The standard InChI is InChI=1S/C10H19NO/c1-3-4-5-8(2)11-10(12)9-6-7-9/h8-9H,3-7H2,1-2H3,(H,11,12). The summed E-state index contributed by atoms with van der Waals surface area (Å²) in [5.74, 6) is 0.632. The van der Waals surface area contributed by atoms with E-state index in [1.807, 2.05) is 0 Å². The van der Waals surface area contributed by atoms with E-state index in [1.54, 1.807) is 0 Å². The van der Waals surface area contributed by atoms with Gasteiger partial charge in [0.2, 0.25) is 5.91 Å². The van der Waals surface area contributed by atoms with Gasteiger partial charge in [0.25, 0.3) is 0 Å². The van der Waals surface area contributed by atoms with Gasteiger partial charge in [-0.2, -0.15) is 0 Å².